The van der Waals surface area contributed by atoms with Crippen molar-refractivity contribution in [2.45, 2.75) is 31.1 Å². The minimum absolute atomic E-state index is 0.247. The first kappa shape index (κ1) is 22.7. The molecule has 0 bridgehead atoms. The Labute approximate surface area is 169 Å². The average molecular weight is 427 g/mol. The van der Waals surface area contributed by atoms with E-state index in [1.807, 2.05) is 11.8 Å². The molecule has 0 aliphatic rings. The van der Waals surface area contributed by atoms with E-state index in [4.69, 9.17) is 0 Å². The molecule has 0 saturated heterocycles. The van der Waals surface area contributed by atoms with Crippen molar-refractivity contribution < 1.29 is 21.6 Å². The van der Waals surface area contributed by atoms with Crippen molar-refractivity contribution in [2.75, 3.05) is 19.8 Å². The lowest BCUT2D eigenvalue weighted by Gasteiger charge is -2.22. The Balaban J connectivity index is 2.09. The minimum atomic E-state index is -4.35. The van der Waals surface area contributed by atoms with Crippen LogP contribution in [-0.2, 0) is 29.1 Å². The predicted octanol–water partition coefficient (Wildman–Crippen LogP) is 3.71. The molecule has 0 unspecified atom stereocenters. The van der Waals surface area contributed by atoms with Gasteiger partial charge in [0.25, 0.3) is 0 Å². The molecule has 0 fully saturated rings. The topological polar surface area (TPSA) is 61.8 Å². The van der Waals surface area contributed by atoms with E-state index in [-0.39, 0.29) is 4.90 Å². The van der Waals surface area contributed by atoms with Gasteiger partial charge in [-0.3, -0.25) is 0 Å². The van der Waals surface area contributed by atoms with E-state index >= 15 is 0 Å². The second-order valence-corrected chi connectivity index (χ2v) is 8.65. The number of alkyl halides is 3. The van der Waals surface area contributed by atoms with Gasteiger partial charge in [-0.15, -0.1) is 0 Å². The highest BCUT2D eigenvalue weighted by atomic mass is 32.2. The molecule has 5 nitrogen and oxygen atoms in total. The van der Waals surface area contributed by atoms with Gasteiger partial charge in [0.05, 0.1) is 17.0 Å². The van der Waals surface area contributed by atoms with Gasteiger partial charge >= 0.3 is 6.18 Å². The van der Waals surface area contributed by atoms with Crippen LogP contribution >= 0.6 is 0 Å². The summed E-state index contributed by atoms with van der Waals surface area (Å²) in [5, 5.41) is 3.14. The van der Waals surface area contributed by atoms with Gasteiger partial charge in [-0.1, -0.05) is 24.3 Å². The predicted molar refractivity (Wildman–Crippen MR) is 107 cm³/mol. The molecule has 9 heteroatoms. The van der Waals surface area contributed by atoms with Crippen LogP contribution < -0.4 is 5.32 Å². The van der Waals surface area contributed by atoms with Crippen LogP contribution in [0.5, 0.6) is 0 Å². The molecule has 0 amide bonds. The Morgan fingerprint density at radius 1 is 1.03 bits per heavy atom. The number of aliphatic imine (C=N–C) groups is 1. The Morgan fingerprint density at radius 2 is 1.59 bits per heavy atom. The van der Waals surface area contributed by atoms with Gasteiger partial charge in [-0.25, -0.2) is 13.4 Å². The Morgan fingerprint density at radius 3 is 2.07 bits per heavy atom. The largest absolute Gasteiger partial charge is 0.416 e. The van der Waals surface area contributed by atoms with Gasteiger partial charge in [-0.2, -0.15) is 13.2 Å². The third kappa shape index (κ3) is 6.77. The highest BCUT2D eigenvalue weighted by Gasteiger charge is 2.29. The Hall–Kier alpha value is -2.55. The molecule has 2 aromatic carbocycles. The second-order valence-electron chi connectivity index (χ2n) is 6.64. The summed E-state index contributed by atoms with van der Waals surface area (Å²) in [6.45, 7) is 3.27. The molecule has 0 aromatic heterocycles. The highest BCUT2D eigenvalue weighted by Crippen LogP contribution is 2.29. The van der Waals surface area contributed by atoms with Gasteiger partial charge < -0.3 is 10.2 Å². The molecule has 1 N–H and O–H groups in total. The summed E-state index contributed by atoms with van der Waals surface area (Å²) in [6.07, 6.45) is -3.20. The molecule has 0 aliphatic heterocycles. The van der Waals surface area contributed by atoms with Crippen molar-refractivity contribution in [3.8, 4) is 0 Å². The molecule has 0 atom stereocenters. The number of halogens is 3. The first-order valence-corrected chi connectivity index (χ1v) is 10.8. The quantitative estimate of drug-likeness (QED) is 0.564. The summed E-state index contributed by atoms with van der Waals surface area (Å²) in [4.78, 5) is 6.59. The van der Waals surface area contributed by atoms with Gasteiger partial charge in [0.15, 0.2) is 15.8 Å². The summed E-state index contributed by atoms with van der Waals surface area (Å²) in [6, 6.07) is 11.5. The highest BCUT2D eigenvalue weighted by molar-refractivity contribution is 7.90. The van der Waals surface area contributed by atoms with Crippen LogP contribution in [0.1, 0.15) is 23.6 Å². The maximum Gasteiger partial charge on any atom is 0.416 e. The third-order valence-electron chi connectivity index (χ3n) is 4.16. The molecule has 2 rings (SSSR count). The zero-order valence-electron chi connectivity index (χ0n) is 16.5. The van der Waals surface area contributed by atoms with E-state index in [1.54, 1.807) is 31.3 Å². The van der Waals surface area contributed by atoms with Crippen LogP contribution in [-0.4, -0.2) is 39.1 Å². The smallest absolute Gasteiger partial charge is 0.357 e. The zero-order valence-corrected chi connectivity index (χ0v) is 17.3. The Kier molecular flexibility index (Phi) is 7.29. The molecule has 0 aliphatic carbocycles. The lowest BCUT2D eigenvalue weighted by molar-refractivity contribution is -0.137. The number of nitrogens with zero attached hydrogens (tertiary/aromatic N) is 2. The molecule has 0 heterocycles. The molecule has 0 radical (unpaired) electrons. The van der Waals surface area contributed by atoms with E-state index in [0.717, 1.165) is 29.5 Å². The first-order valence-electron chi connectivity index (χ1n) is 8.95. The lowest BCUT2D eigenvalue weighted by atomic mass is 10.1. The van der Waals surface area contributed by atoms with E-state index in [1.165, 1.54) is 12.1 Å². The van der Waals surface area contributed by atoms with Crippen LogP contribution in [0, 0.1) is 0 Å². The van der Waals surface area contributed by atoms with Crippen molar-refractivity contribution in [3.05, 3.63) is 65.2 Å². The maximum absolute atomic E-state index is 12.7. The van der Waals surface area contributed by atoms with Gasteiger partial charge in [-0.05, 0) is 42.3 Å². The van der Waals surface area contributed by atoms with Crippen LogP contribution in [0.4, 0.5) is 13.2 Å². The van der Waals surface area contributed by atoms with Crippen molar-refractivity contribution >= 4 is 15.8 Å². The fourth-order valence-electron chi connectivity index (χ4n) is 2.63. The van der Waals surface area contributed by atoms with Crippen molar-refractivity contribution in [1.82, 2.24) is 10.2 Å². The van der Waals surface area contributed by atoms with E-state index < -0.39 is 21.6 Å². The van der Waals surface area contributed by atoms with Crippen LogP contribution in [0.2, 0.25) is 0 Å². The fourth-order valence-corrected chi connectivity index (χ4v) is 3.26. The molecular weight excluding hydrogens is 403 g/mol. The third-order valence-corrected chi connectivity index (χ3v) is 5.29. The molecular formula is C20H24F3N3O2S. The molecule has 158 valence electrons. The summed E-state index contributed by atoms with van der Waals surface area (Å²) < 4.78 is 61.1. The van der Waals surface area contributed by atoms with Gasteiger partial charge in [0, 0.05) is 26.4 Å². The van der Waals surface area contributed by atoms with Crippen molar-refractivity contribution in [2.24, 2.45) is 4.99 Å². The zero-order chi connectivity index (χ0) is 21.7. The normalized spacial score (nSPS) is 12.7. The maximum atomic E-state index is 12.7. The molecule has 29 heavy (non-hydrogen) atoms. The number of rotatable bonds is 6. The number of guanidine groups is 1. The molecule has 0 spiro atoms. The lowest BCUT2D eigenvalue weighted by Crippen LogP contribution is -2.38. The van der Waals surface area contributed by atoms with Crippen molar-refractivity contribution in [1.29, 1.82) is 0 Å². The van der Waals surface area contributed by atoms with Gasteiger partial charge in [0.1, 0.15) is 0 Å². The minimum Gasteiger partial charge on any atom is -0.357 e. The fraction of sp³-hybridized carbons (Fsp3) is 0.350. The monoisotopic (exact) mass is 427 g/mol. The second kappa shape index (κ2) is 9.30. The number of nitrogens with one attached hydrogen (secondary N) is 1. The van der Waals surface area contributed by atoms with E-state index in [9.17, 15) is 21.6 Å². The van der Waals surface area contributed by atoms with E-state index in [2.05, 4.69) is 10.3 Å². The number of sulfone groups is 1. The average Bonchev–Trinajstić information content (AvgIpc) is 2.64. The summed E-state index contributed by atoms with van der Waals surface area (Å²) >= 11 is 0. The summed E-state index contributed by atoms with van der Waals surface area (Å²) in [5.74, 6) is 0.597. The number of benzene rings is 2. The number of hydrogen-bond donors (Lipinski definition) is 1. The van der Waals surface area contributed by atoms with Crippen LogP contribution in [0.3, 0.4) is 0 Å². The summed E-state index contributed by atoms with van der Waals surface area (Å²) in [7, 11) is -1.45. The van der Waals surface area contributed by atoms with Gasteiger partial charge in [0.2, 0.25) is 0 Å². The standard InChI is InChI=1S/C20H24F3N3O2S/c1-4-24-19(25-13-15-7-11-18(12-8-15)29(3,27)28)26(2)14-16-5-9-17(10-6-16)20(21,22)23/h5-12H,4,13-14H2,1-3H3,(H,24,25). The molecule has 2 aromatic rings. The van der Waals surface area contributed by atoms with E-state index in [0.29, 0.717) is 25.6 Å². The first-order chi connectivity index (χ1) is 13.5. The van der Waals surface area contributed by atoms with Crippen LogP contribution in [0.25, 0.3) is 0 Å². The van der Waals surface area contributed by atoms with Crippen molar-refractivity contribution in [3.63, 3.8) is 0 Å². The SMILES string of the molecule is CCNC(=NCc1ccc(S(C)(=O)=O)cc1)N(C)Cc1ccc(C(F)(F)F)cc1. The number of hydrogen-bond acceptors (Lipinski definition) is 3. The Bertz CT molecular complexity index is 938. The van der Waals surface area contributed by atoms with Crippen LogP contribution in [0.15, 0.2) is 58.4 Å². The molecule has 0 saturated carbocycles. The summed E-state index contributed by atoms with van der Waals surface area (Å²) in [5.41, 5.74) is 0.890.